The third-order valence-electron chi connectivity index (χ3n) is 5.74. The van der Waals surface area contributed by atoms with Crippen molar-refractivity contribution in [1.29, 1.82) is 0 Å². The van der Waals surface area contributed by atoms with Crippen molar-refractivity contribution in [1.82, 2.24) is 20.2 Å². The van der Waals surface area contributed by atoms with Gasteiger partial charge in [-0.15, -0.1) is 0 Å². The summed E-state index contributed by atoms with van der Waals surface area (Å²) in [6.07, 6.45) is 3.51. The predicted octanol–water partition coefficient (Wildman–Crippen LogP) is 0.870. The SMILES string of the molecule is Cc1ccc(-n2c(O)c(C=NC3CCC4NC(=O)NC4C3)c(=O)[nH]c2=O)cc1C. The number of aryl methyl sites for hydroxylation is 2. The van der Waals surface area contributed by atoms with E-state index in [1.165, 1.54) is 6.21 Å². The summed E-state index contributed by atoms with van der Waals surface area (Å²) >= 11 is 0. The Morgan fingerprint density at radius 2 is 1.86 bits per heavy atom. The molecule has 9 heteroatoms. The second-order valence-corrected chi connectivity index (χ2v) is 7.68. The van der Waals surface area contributed by atoms with Gasteiger partial charge in [-0.1, -0.05) is 6.07 Å². The number of fused-ring (bicyclic) bond motifs is 1. The Morgan fingerprint density at radius 3 is 2.62 bits per heavy atom. The maximum absolute atomic E-state index is 12.3. The predicted molar refractivity (Wildman–Crippen MR) is 108 cm³/mol. The van der Waals surface area contributed by atoms with Crippen molar-refractivity contribution in [3.8, 4) is 11.6 Å². The fourth-order valence-electron chi connectivity index (χ4n) is 3.93. The molecular weight excluding hydrogens is 374 g/mol. The van der Waals surface area contributed by atoms with Gasteiger partial charge in [-0.3, -0.25) is 14.8 Å². The lowest BCUT2D eigenvalue weighted by Gasteiger charge is -2.28. The molecule has 2 aromatic rings. The number of amides is 2. The smallest absolute Gasteiger partial charge is 0.335 e. The van der Waals surface area contributed by atoms with E-state index >= 15 is 0 Å². The number of benzene rings is 1. The zero-order valence-corrected chi connectivity index (χ0v) is 16.2. The number of carbonyl (C=O) groups excluding carboxylic acids is 1. The van der Waals surface area contributed by atoms with E-state index in [0.717, 1.165) is 28.5 Å². The van der Waals surface area contributed by atoms with Crippen LogP contribution in [0.3, 0.4) is 0 Å². The van der Waals surface area contributed by atoms with Gasteiger partial charge in [-0.05, 0) is 56.4 Å². The van der Waals surface area contributed by atoms with Gasteiger partial charge in [-0.25, -0.2) is 14.2 Å². The standard InChI is InChI=1S/C20H23N5O4/c1-10-3-5-13(7-11(10)2)25-18(27)14(17(26)24-20(25)29)9-21-12-4-6-15-16(8-12)23-19(28)22-15/h3,5,7,9,12,15-16,27H,4,6,8H2,1-2H3,(H2,22,23,28)(H,24,26,29). The average molecular weight is 397 g/mol. The van der Waals surface area contributed by atoms with Crippen molar-refractivity contribution < 1.29 is 9.90 Å². The van der Waals surface area contributed by atoms with Crippen molar-refractivity contribution in [2.24, 2.45) is 4.99 Å². The molecule has 2 aliphatic rings. The number of hydrogen-bond donors (Lipinski definition) is 4. The number of H-pyrrole nitrogens is 1. The van der Waals surface area contributed by atoms with E-state index in [2.05, 4.69) is 20.6 Å². The molecule has 1 saturated carbocycles. The van der Waals surface area contributed by atoms with Crippen LogP contribution in [0.15, 0.2) is 32.8 Å². The summed E-state index contributed by atoms with van der Waals surface area (Å²) in [5.74, 6) is -0.449. The Kier molecular flexibility index (Phi) is 4.73. The number of aromatic hydroxyl groups is 1. The summed E-state index contributed by atoms with van der Waals surface area (Å²) in [6, 6.07) is 5.19. The van der Waals surface area contributed by atoms with Crippen LogP contribution in [0.2, 0.25) is 0 Å². The molecule has 4 rings (SSSR count). The first kappa shape index (κ1) is 19.0. The summed E-state index contributed by atoms with van der Waals surface area (Å²) < 4.78 is 1.06. The minimum absolute atomic E-state index is 0.00905. The number of carbonyl (C=O) groups is 1. The van der Waals surface area contributed by atoms with Gasteiger partial charge >= 0.3 is 11.7 Å². The molecule has 9 nitrogen and oxygen atoms in total. The van der Waals surface area contributed by atoms with Crippen molar-refractivity contribution in [2.75, 3.05) is 0 Å². The average Bonchev–Trinajstić information content (AvgIpc) is 3.03. The molecule has 2 heterocycles. The highest BCUT2D eigenvalue weighted by Crippen LogP contribution is 2.25. The molecule has 4 N–H and O–H groups in total. The van der Waals surface area contributed by atoms with Gasteiger partial charge in [0.15, 0.2) is 0 Å². The quantitative estimate of drug-likeness (QED) is 0.573. The van der Waals surface area contributed by atoms with Gasteiger partial charge in [-0.2, -0.15) is 0 Å². The lowest BCUT2D eigenvalue weighted by Crippen LogP contribution is -2.41. The second kappa shape index (κ2) is 7.23. The van der Waals surface area contributed by atoms with Gasteiger partial charge in [0.1, 0.15) is 5.56 Å². The third-order valence-corrected chi connectivity index (χ3v) is 5.74. The van der Waals surface area contributed by atoms with Gasteiger partial charge in [0.2, 0.25) is 5.88 Å². The van der Waals surface area contributed by atoms with E-state index < -0.39 is 17.1 Å². The van der Waals surface area contributed by atoms with Crippen LogP contribution < -0.4 is 21.9 Å². The molecule has 2 amide bonds. The second-order valence-electron chi connectivity index (χ2n) is 7.68. The molecule has 3 atom stereocenters. The Hall–Kier alpha value is -3.36. The van der Waals surface area contributed by atoms with Gasteiger partial charge in [0.25, 0.3) is 5.56 Å². The number of urea groups is 1. The summed E-state index contributed by atoms with van der Waals surface area (Å²) in [6.45, 7) is 3.85. The van der Waals surface area contributed by atoms with E-state index in [0.29, 0.717) is 12.1 Å². The van der Waals surface area contributed by atoms with Crippen molar-refractivity contribution >= 4 is 12.2 Å². The van der Waals surface area contributed by atoms with E-state index in [1.54, 1.807) is 12.1 Å². The maximum atomic E-state index is 12.3. The number of nitrogens with one attached hydrogen (secondary N) is 3. The molecule has 1 aliphatic carbocycles. The topological polar surface area (TPSA) is 129 Å². The Morgan fingerprint density at radius 1 is 1.10 bits per heavy atom. The Bertz CT molecular complexity index is 1120. The highest BCUT2D eigenvalue weighted by atomic mass is 16.3. The molecule has 2 fully saturated rings. The zero-order chi connectivity index (χ0) is 20.7. The minimum Gasteiger partial charge on any atom is -0.493 e. The van der Waals surface area contributed by atoms with Crippen LogP contribution in [-0.4, -0.2) is 45.0 Å². The van der Waals surface area contributed by atoms with Crippen LogP contribution in [0.1, 0.15) is 36.0 Å². The first-order valence-electron chi connectivity index (χ1n) is 9.59. The summed E-state index contributed by atoms with van der Waals surface area (Å²) in [5.41, 5.74) is 0.991. The zero-order valence-electron chi connectivity index (χ0n) is 16.2. The summed E-state index contributed by atoms with van der Waals surface area (Å²) in [5, 5.41) is 16.4. The van der Waals surface area contributed by atoms with Crippen LogP contribution in [0, 0.1) is 13.8 Å². The lowest BCUT2D eigenvalue weighted by molar-refractivity contribution is 0.247. The van der Waals surface area contributed by atoms with Crippen LogP contribution in [-0.2, 0) is 0 Å². The number of hydrogen-bond acceptors (Lipinski definition) is 5. The fraction of sp³-hybridized carbons (Fsp3) is 0.400. The minimum atomic E-state index is -0.715. The Labute approximate surface area is 166 Å². The van der Waals surface area contributed by atoms with E-state index in [4.69, 9.17) is 0 Å². The number of aromatic nitrogens is 2. The van der Waals surface area contributed by atoms with Gasteiger partial charge in [0.05, 0.1) is 23.8 Å². The van der Waals surface area contributed by atoms with Crippen LogP contribution >= 0.6 is 0 Å². The molecular formula is C20H23N5O4. The molecule has 0 radical (unpaired) electrons. The van der Waals surface area contributed by atoms with Crippen LogP contribution in [0.25, 0.3) is 5.69 Å². The number of aliphatic imine (C=N–C) groups is 1. The maximum Gasteiger partial charge on any atom is 0.335 e. The Balaban J connectivity index is 1.65. The van der Waals surface area contributed by atoms with Crippen molar-refractivity contribution in [2.45, 2.75) is 51.2 Å². The lowest BCUT2D eigenvalue weighted by atomic mass is 9.88. The number of nitrogens with zero attached hydrogens (tertiary/aromatic N) is 2. The molecule has 3 unspecified atom stereocenters. The first-order valence-corrected chi connectivity index (χ1v) is 9.59. The van der Waals surface area contributed by atoms with Gasteiger partial charge < -0.3 is 15.7 Å². The molecule has 1 aromatic carbocycles. The van der Waals surface area contributed by atoms with Crippen molar-refractivity contribution in [3.63, 3.8) is 0 Å². The summed E-state index contributed by atoms with van der Waals surface area (Å²) in [7, 11) is 0. The first-order chi connectivity index (χ1) is 13.8. The third kappa shape index (κ3) is 3.55. The number of rotatable bonds is 3. The largest absolute Gasteiger partial charge is 0.493 e. The molecule has 152 valence electrons. The molecule has 0 bridgehead atoms. The van der Waals surface area contributed by atoms with E-state index in [1.807, 2.05) is 19.9 Å². The molecule has 1 aromatic heterocycles. The van der Waals surface area contributed by atoms with Crippen molar-refractivity contribution in [3.05, 3.63) is 55.7 Å². The highest BCUT2D eigenvalue weighted by Gasteiger charge is 2.36. The molecule has 0 spiro atoms. The van der Waals surface area contributed by atoms with E-state index in [-0.39, 0.29) is 29.7 Å². The summed E-state index contributed by atoms with van der Waals surface area (Å²) in [4.78, 5) is 42.8. The molecule has 1 saturated heterocycles. The van der Waals surface area contributed by atoms with Crippen LogP contribution in [0.5, 0.6) is 5.88 Å². The number of aromatic amines is 1. The van der Waals surface area contributed by atoms with Crippen LogP contribution in [0.4, 0.5) is 4.79 Å². The van der Waals surface area contributed by atoms with Gasteiger partial charge in [0, 0.05) is 6.21 Å². The molecule has 1 aliphatic heterocycles. The highest BCUT2D eigenvalue weighted by molar-refractivity contribution is 5.82. The normalized spacial score (nSPS) is 23.7. The fourth-order valence-corrected chi connectivity index (χ4v) is 3.93. The monoisotopic (exact) mass is 397 g/mol. The van der Waals surface area contributed by atoms with E-state index in [9.17, 15) is 19.5 Å². The molecule has 29 heavy (non-hydrogen) atoms.